The molecule has 3 N–H and O–H groups in total. The van der Waals surface area contributed by atoms with Crippen LogP contribution in [-0.2, 0) is 6.42 Å². The molecular weight excluding hydrogens is 250 g/mol. The quantitative estimate of drug-likeness (QED) is 0.895. The number of nitrogens with zero attached hydrogens (tertiary/aromatic N) is 1. The van der Waals surface area contributed by atoms with Crippen molar-refractivity contribution < 1.29 is 4.79 Å². The van der Waals surface area contributed by atoms with Crippen molar-refractivity contribution in [2.24, 2.45) is 5.73 Å². The first kappa shape index (κ1) is 14.2. The monoisotopic (exact) mass is 269 g/mol. The van der Waals surface area contributed by atoms with Gasteiger partial charge in [-0.3, -0.25) is 9.78 Å². The Labute approximate surface area is 119 Å². The fourth-order valence-electron chi connectivity index (χ4n) is 2.05. The number of pyridine rings is 1. The van der Waals surface area contributed by atoms with Crippen molar-refractivity contribution in [2.45, 2.75) is 20.3 Å². The Kier molecular flexibility index (Phi) is 4.48. The molecule has 104 valence electrons. The van der Waals surface area contributed by atoms with Crippen molar-refractivity contribution in [3.05, 3.63) is 58.9 Å². The minimum Gasteiger partial charge on any atom is -0.330 e. The smallest absolute Gasteiger partial charge is 0.255 e. The molecule has 0 atom stereocenters. The van der Waals surface area contributed by atoms with Gasteiger partial charge in [0, 0.05) is 11.3 Å². The van der Waals surface area contributed by atoms with Gasteiger partial charge >= 0.3 is 0 Å². The number of anilines is 1. The summed E-state index contributed by atoms with van der Waals surface area (Å²) in [5.41, 5.74) is 9.73. The van der Waals surface area contributed by atoms with Gasteiger partial charge in [0.1, 0.15) is 0 Å². The lowest BCUT2D eigenvalue weighted by atomic mass is 10.1. The molecule has 0 unspecified atom stereocenters. The Balaban J connectivity index is 2.17. The molecule has 0 saturated heterocycles. The second kappa shape index (κ2) is 6.30. The third kappa shape index (κ3) is 3.42. The molecule has 0 aliphatic carbocycles. The van der Waals surface area contributed by atoms with E-state index in [9.17, 15) is 4.79 Å². The van der Waals surface area contributed by atoms with Crippen LogP contribution in [-0.4, -0.2) is 17.4 Å². The van der Waals surface area contributed by atoms with Gasteiger partial charge in [0.05, 0.1) is 11.4 Å². The van der Waals surface area contributed by atoms with Gasteiger partial charge in [-0.2, -0.15) is 0 Å². The Bertz CT molecular complexity index is 623. The number of hydrogen-bond acceptors (Lipinski definition) is 3. The van der Waals surface area contributed by atoms with Crippen molar-refractivity contribution in [3.8, 4) is 0 Å². The molecule has 1 heterocycles. The number of nitrogens with one attached hydrogen (secondary N) is 1. The highest BCUT2D eigenvalue weighted by Gasteiger charge is 2.08. The van der Waals surface area contributed by atoms with Gasteiger partial charge in [-0.15, -0.1) is 0 Å². The lowest BCUT2D eigenvalue weighted by Gasteiger charge is -2.09. The number of carbonyl (C=O) groups is 1. The summed E-state index contributed by atoms with van der Waals surface area (Å²) in [5, 5.41) is 2.89. The van der Waals surface area contributed by atoms with Crippen LogP contribution in [0.25, 0.3) is 0 Å². The first-order valence-electron chi connectivity index (χ1n) is 6.65. The van der Waals surface area contributed by atoms with Crippen molar-refractivity contribution in [1.29, 1.82) is 0 Å². The van der Waals surface area contributed by atoms with E-state index in [-0.39, 0.29) is 5.91 Å². The zero-order valence-electron chi connectivity index (χ0n) is 11.8. The van der Waals surface area contributed by atoms with Crippen LogP contribution in [0.5, 0.6) is 0 Å². The van der Waals surface area contributed by atoms with E-state index < -0.39 is 0 Å². The summed E-state index contributed by atoms with van der Waals surface area (Å²) in [7, 11) is 0. The molecule has 0 radical (unpaired) electrons. The van der Waals surface area contributed by atoms with Gasteiger partial charge in [0.25, 0.3) is 5.91 Å². The van der Waals surface area contributed by atoms with E-state index in [0.29, 0.717) is 12.1 Å². The maximum Gasteiger partial charge on any atom is 0.255 e. The Hall–Kier alpha value is -2.20. The lowest BCUT2D eigenvalue weighted by molar-refractivity contribution is 0.102. The second-order valence-corrected chi connectivity index (χ2v) is 4.78. The number of aryl methyl sites for hydroxylation is 2. The molecule has 0 bridgehead atoms. The van der Waals surface area contributed by atoms with Gasteiger partial charge in [-0.1, -0.05) is 12.1 Å². The summed E-state index contributed by atoms with van der Waals surface area (Å²) in [6, 6.07) is 11.3. The summed E-state index contributed by atoms with van der Waals surface area (Å²) < 4.78 is 0. The van der Waals surface area contributed by atoms with Crippen molar-refractivity contribution >= 4 is 11.6 Å². The predicted molar refractivity (Wildman–Crippen MR) is 80.9 cm³/mol. The molecule has 4 nitrogen and oxygen atoms in total. The minimum absolute atomic E-state index is 0.127. The number of carbonyl (C=O) groups excluding carboxylic acids is 1. The van der Waals surface area contributed by atoms with Crippen LogP contribution < -0.4 is 11.1 Å². The molecule has 1 aromatic heterocycles. The highest BCUT2D eigenvalue weighted by atomic mass is 16.1. The van der Waals surface area contributed by atoms with Crippen LogP contribution in [0.3, 0.4) is 0 Å². The molecule has 0 aliphatic rings. The van der Waals surface area contributed by atoms with Gasteiger partial charge in [0.2, 0.25) is 0 Å². The molecule has 4 heteroatoms. The molecule has 0 aliphatic heterocycles. The molecule has 1 aromatic carbocycles. The topological polar surface area (TPSA) is 68.0 Å². The summed E-state index contributed by atoms with van der Waals surface area (Å²) in [5.74, 6) is -0.127. The number of rotatable bonds is 4. The fourth-order valence-corrected chi connectivity index (χ4v) is 2.05. The molecule has 1 amide bonds. The highest BCUT2D eigenvalue weighted by molar-refractivity contribution is 6.04. The number of nitrogens with two attached hydrogens (primary N) is 1. The molecule has 2 aromatic rings. The maximum atomic E-state index is 12.2. The van der Waals surface area contributed by atoms with Crippen molar-refractivity contribution in [1.82, 2.24) is 4.98 Å². The van der Waals surface area contributed by atoms with Gasteiger partial charge < -0.3 is 11.1 Å². The Morgan fingerprint density at radius 3 is 2.75 bits per heavy atom. The second-order valence-electron chi connectivity index (χ2n) is 4.78. The molecule has 2 rings (SSSR count). The molecule has 0 spiro atoms. The number of amides is 1. The minimum atomic E-state index is -0.127. The number of hydrogen-bond donors (Lipinski definition) is 2. The first-order chi connectivity index (χ1) is 9.60. The van der Waals surface area contributed by atoms with E-state index in [4.69, 9.17) is 5.73 Å². The van der Waals surface area contributed by atoms with Crippen LogP contribution in [0.4, 0.5) is 5.69 Å². The molecule has 0 fully saturated rings. The average Bonchev–Trinajstić information content (AvgIpc) is 2.42. The van der Waals surface area contributed by atoms with E-state index in [1.165, 1.54) is 0 Å². The summed E-state index contributed by atoms with van der Waals surface area (Å²) in [4.78, 5) is 16.6. The van der Waals surface area contributed by atoms with Crippen molar-refractivity contribution in [3.63, 3.8) is 0 Å². The predicted octanol–water partition coefficient (Wildman–Crippen LogP) is 2.45. The van der Waals surface area contributed by atoms with E-state index >= 15 is 0 Å². The SMILES string of the molecule is Cc1ccc(NC(=O)c2cccc(CCN)c2)c(C)n1. The van der Waals surface area contributed by atoms with Crippen LogP contribution in [0, 0.1) is 13.8 Å². The zero-order chi connectivity index (χ0) is 14.5. The number of benzene rings is 1. The third-order valence-corrected chi connectivity index (χ3v) is 3.10. The summed E-state index contributed by atoms with van der Waals surface area (Å²) >= 11 is 0. The molecule has 0 saturated carbocycles. The molecule has 20 heavy (non-hydrogen) atoms. The summed E-state index contributed by atoms with van der Waals surface area (Å²) in [6.07, 6.45) is 0.770. The first-order valence-corrected chi connectivity index (χ1v) is 6.65. The van der Waals surface area contributed by atoms with Gasteiger partial charge in [-0.25, -0.2) is 0 Å². The highest BCUT2D eigenvalue weighted by Crippen LogP contribution is 2.15. The maximum absolute atomic E-state index is 12.2. The normalized spacial score (nSPS) is 10.3. The van der Waals surface area contributed by atoms with Crippen LogP contribution in [0.2, 0.25) is 0 Å². The number of aromatic nitrogens is 1. The largest absolute Gasteiger partial charge is 0.330 e. The third-order valence-electron chi connectivity index (χ3n) is 3.10. The summed E-state index contributed by atoms with van der Waals surface area (Å²) in [6.45, 7) is 4.38. The van der Waals surface area contributed by atoms with E-state index in [2.05, 4.69) is 10.3 Å². The van der Waals surface area contributed by atoms with Crippen LogP contribution in [0.1, 0.15) is 27.3 Å². The fraction of sp³-hybridized carbons (Fsp3) is 0.250. The van der Waals surface area contributed by atoms with E-state index in [1.54, 1.807) is 6.07 Å². The molecular formula is C16H19N3O. The standard InChI is InChI=1S/C16H19N3O/c1-11-6-7-15(12(2)18-11)19-16(20)14-5-3-4-13(10-14)8-9-17/h3-7,10H,8-9,17H2,1-2H3,(H,19,20). The van der Waals surface area contributed by atoms with E-state index in [0.717, 1.165) is 29.1 Å². The zero-order valence-corrected chi connectivity index (χ0v) is 11.8. The average molecular weight is 269 g/mol. The van der Waals surface area contributed by atoms with Crippen molar-refractivity contribution in [2.75, 3.05) is 11.9 Å². The van der Waals surface area contributed by atoms with Crippen LogP contribution in [0.15, 0.2) is 36.4 Å². The van der Waals surface area contributed by atoms with E-state index in [1.807, 2.05) is 44.2 Å². The van der Waals surface area contributed by atoms with Gasteiger partial charge in [0.15, 0.2) is 0 Å². The Morgan fingerprint density at radius 2 is 2.05 bits per heavy atom. The van der Waals surface area contributed by atoms with Crippen LogP contribution >= 0.6 is 0 Å². The lowest BCUT2D eigenvalue weighted by Crippen LogP contribution is -2.14. The Morgan fingerprint density at radius 1 is 1.25 bits per heavy atom. The van der Waals surface area contributed by atoms with Gasteiger partial charge in [-0.05, 0) is 56.6 Å².